The Hall–Kier alpha value is -4.27. The van der Waals surface area contributed by atoms with Crippen LogP contribution in [-0.4, -0.2) is 44.8 Å². The van der Waals surface area contributed by atoms with Crippen LogP contribution in [0.4, 0.5) is 11.4 Å². The fourth-order valence-electron chi connectivity index (χ4n) is 2.40. The number of rotatable bonds is 7. The quantitative estimate of drug-likeness (QED) is 0.303. The lowest BCUT2D eigenvalue weighted by Gasteiger charge is -2.16. The lowest BCUT2D eigenvalue weighted by molar-refractivity contribution is -0.394. The first-order valence-corrected chi connectivity index (χ1v) is 7.57. The highest BCUT2D eigenvalue weighted by Gasteiger charge is 2.34. The van der Waals surface area contributed by atoms with E-state index in [1.807, 2.05) is 0 Å². The summed E-state index contributed by atoms with van der Waals surface area (Å²) in [5.74, 6) is 0.00515. The van der Waals surface area contributed by atoms with E-state index in [0.717, 1.165) is 19.2 Å². The summed E-state index contributed by atoms with van der Waals surface area (Å²) in [6, 6.07) is 0.456. The third-order valence-corrected chi connectivity index (χ3v) is 3.65. The number of esters is 1. The fraction of sp³-hybridized carbons (Fsp3) is 0.188. The van der Waals surface area contributed by atoms with Gasteiger partial charge in [-0.05, 0) is 0 Å². The Bertz CT molecular complexity index is 943. The molecule has 2 N–H and O–H groups in total. The lowest BCUT2D eigenvalue weighted by Crippen LogP contribution is -2.43. The van der Waals surface area contributed by atoms with Crippen LogP contribution in [0.15, 0.2) is 24.7 Å². The van der Waals surface area contributed by atoms with E-state index >= 15 is 0 Å². The van der Waals surface area contributed by atoms with Gasteiger partial charge in [0.1, 0.15) is 6.04 Å². The zero-order valence-electron chi connectivity index (χ0n) is 14.4. The summed E-state index contributed by atoms with van der Waals surface area (Å²) in [6.45, 7) is 0. The summed E-state index contributed by atoms with van der Waals surface area (Å²) in [6.07, 6.45) is 7.83. The molecule has 12 heteroatoms. The highest BCUT2D eigenvalue weighted by Crippen LogP contribution is 2.30. The molecule has 0 aliphatic rings. The molecule has 0 aliphatic heterocycles. The average molecular weight is 387 g/mol. The molecule has 0 aliphatic carbocycles. The van der Waals surface area contributed by atoms with Crippen molar-refractivity contribution in [2.75, 3.05) is 7.11 Å². The molecular formula is C16H13N5O7. The van der Waals surface area contributed by atoms with Crippen LogP contribution in [0.3, 0.4) is 0 Å². The smallest absolute Gasteiger partial charge is 0.328 e. The number of amides is 1. The van der Waals surface area contributed by atoms with Gasteiger partial charge in [-0.25, -0.2) is 9.78 Å². The monoisotopic (exact) mass is 387 g/mol. The maximum atomic E-state index is 12.6. The van der Waals surface area contributed by atoms with Crippen molar-refractivity contribution >= 4 is 23.3 Å². The van der Waals surface area contributed by atoms with Crippen LogP contribution in [0, 0.1) is 32.6 Å². The van der Waals surface area contributed by atoms with Crippen LogP contribution in [0.5, 0.6) is 0 Å². The van der Waals surface area contributed by atoms with Crippen molar-refractivity contribution < 1.29 is 24.2 Å². The standard InChI is InChI=1S/C16H13N5O7/c1-3-9-4-12(20(24)25)14(13(5-9)21(26)27)15(22)19-11(16(23)28-2)6-10-7-17-8-18-10/h1,4-5,7-8,11H,6H2,2H3,(H,17,18)(H,19,22)/t11-/m1/s1. The van der Waals surface area contributed by atoms with E-state index < -0.39 is 44.7 Å². The van der Waals surface area contributed by atoms with E-state index in [1.54, 1.807) is 0 Å². The molecule has 0 saturated carbocycles. The van der Waals surface area contributed by atoms with Crippen molar-refractivity contribution in [2.24, 2.45) is 0 Å². The van der Waals surface area contributed by atoms with E-state index in [1.165, 1.54) is 12.5 Å². The first-order valence-electron chi connectivity index (χ1n) is 7.57. The van der Waals surface area contributed by atoms with Gasteiger partial charge in [0.25, 0.3) is 17.3 Å². The average Bonchev–Trinajstić information content (AvgIpc) is 3.18. The maximum absolute atomic E-state index is 12.6. The van der Waals surface area contributed by atoms with Gasteiger partial charge in [-0.2, -0.15) is 0 Å². The minimum absolute atomic E-state index is 0.0809. The number of hydrogen-bond donors (Lipinski definition) is 2. The van der Waals surface area contributed by atoms with E-state index in [4.69, 9.17) is 6.42 Å². The number of benzene rings is 1. The highest BCUT2D eigenvalue weighted by atomic mass is 16.6. The fourth-order valence-corrected chi connectivity index (χ4v) is 2.40. The maximum Gasteiger partial charge on any atom is 0.328 e. The number of imidazole rings is 1. The van der Waals surface area contributed by atoms with Crippen LogP contribution >= 0.6 is 0 Å². The number of terminal acetylenes is 1. The van der Waals surface area contributed by atoms with Crippen LogP contribution in [0.25, 0.3) is 0 Å². The van der Waals surface area contributed by atoms with Crippen molar-refractivity contribution in [1.82, 2.24) is 15.3 Å². The molecule has 1 heterocycles. The van der Waals surface area contributed by atoms with Gasteiger partial charge < -0.3 is 15.0 Å². The Morgan fingerprint density at radius 3 is 2.36 bits per heavy atom. The molecule has 28 heavy (non-hydrogen) atoms. The Labute approximate surface area is 157 Å². The predicted octanol–water partition coefficient (Wildman–Crippen LogP) is 0.721. The van der Waals surface area contributed by atoms with Gasteiger partial charge in [-0.1, -0.05) is 5.92 Å². The van der Waals surface area contributed by atoms with Gasteiger partial charge in [0.2, 0.25) is 0 Å². The summed E-state index contributed by atoms with van der Waals surface area (Å²) in [5, 5.41) is 24.9. The second-order valence-electron chi connectivity index (χ2n) is 5.38. The van der Waals surface area contributed by atoms with Gasteiger partial charge in [-0.15, -0.1) is 6.42 Å². The molecule has 1 amide bonds. The minimum Gasteiger partial charge on any atom is -0.467 e. The molecular weight excluding hydrogens is 374 g/mol. The van der Waals surface area contributed by atoms with Crippen LogP contribution in [0.2, 0.25) is 0 Å². The van der Waals surface area contributed by atoms with Gasteiger partial charge in [-0.3, -0.25) is 25.0 Å². The number of nitrogens with zero attached hydrogens (tertiary/aromatic N) is 3. The van der Waals surface area contributed by atoms with Crippen molar-refractivity contribution in [3.05, 3.63) is 61.7 Å². The Morgan fingerprint density at radius 1 is 1.32 bits per heavy atom. The third kappa shape index (κ3) is 4.28. The zero-order chi connectivity index (χ0) is 20.8. The van der Waals surface area contributed by atoms with Crippen LogP contribution in [0.1, 0.15) is 21.6 Å². The first-order chi connectivity index (χ1) is 13.3. The van der Waals surface area contributed by atoms with Crippen LogP contribution < -0.4 is 5.32 Å². The largest absolute Gasteiger partial charge is 0.467 e. The minimum atomic E-state index is -1.27. The van der Waals surface area contributed by atoms with Crippen LogP contribution in [-0.2, 0) is 16.0 Å². The normalized spacial score (nSPS) is 11.1. The van der Waals surface area contributed by atoms with E-state index in [-0.39, 0.29) is 12.0 Å². The van der Waals surface area contributed by atoms with Crippen molar-refractivity contribution in [3.8, 4) is 12.3 Å². The summed E-state index contributed by atoms with van der Waals surface area (Å²) in [7, 11) is 1.08. The van der Waals surface area contributed by atoms with E-state index in [9.17, 15) is 29.8 Å². The third-order valence-electron chi connectivity index (χ3n) is 3.65. The summed E-state index contributed by atoms with van der Waals surface area (Å²) in [4.78, 5) is 51.9. The molecule has 0 fully saturated rings. The molecule has 1 atom stereocenters. The van der Waals surface area contributed by atoms with E-state index in [0.29, 0.717) is 5.69 Å². The van der Waals surface area contributed by atoms with Gasteiger partial charge >= 0.3 is 5.97 Å². The molecule has 0 unspecified atom stereocenters. The molecule has 144 valence electrons. The lowest BCUT2D eigenvalue weighted by atomic mass is 10.0. The number of H-pyrrole nitrogens is 1. The second-order valence-corrected chi connectivity index (χ2v) is 5.38. The highest BCUT2D eigenvalue weighted by molar-refractivity contribution is 6.04. The summed E-state index contributed by atoms with van der Waals surface area (Å²) in [5.41, 5.74) is -2.22. The van der Waals surface area contributed by atoms with Crippen molar-refractivity contribution in [3.63, 3.8) is 0 Å². The van der Waals surface area contributed by atoms with Gasteiger partial charge in [0, 0.05) is 36.0 Å². The molecule has 2 aromatic rings. The van der Waals surface area contributed by atoms with Gasteiger partial charge in [0.05, 0.1) is 23.3 Å². The number of aromatic nitrogens is 2. The van der Waals surface area contributed by atoms with E-state index in [2.05, 4.69) is 25.9 Å². The molecule has 1 aromatic heterocycles. The number of aromatic amines is 1. The van der Waals surface area contributed by atoms with Crippen molar-refractivity contribution in [1.29, 1.82) is 0 Å². The SMILES string of the molecule is C#Cc1cc([N+](=O)[O-])c(C(=O)N[C@H](Cc2cnc[nH]2)C(=O)OC)c([N+](=O)[O-])c1. The van der Waals surface area contributed by atoms with Gasteiger partial charge in [0.15, 0.2) is 5.56 Å². The number of hydrogen-bond acceptors (Lipinski definition) is 8. The number of carbonyl (C=O) groups excluding carboxylic acids is 2. The second kappa shape index (κ2) is 8.41. The van der Waals surface area contributed by atoms with Crippen molar-refractivity contribution in [2.45, 2.75) is 12.5 Å². The first kappa shape index (κ1) is 20.0. The predicted molar refractivity (Wildman–Crippen MR) is 93.2 cm³/mol. The number of nitro groups is 2. The zero-order valence-corrected chi connectivity index (χ0v) is 14.4. The Kier molecular flexibility index (Phi) is 6.02. The molecule has 0 spiro atoms. The molecule has 2 rings (SSSR count). The molecule has 0 radical (unpaired) electrons. The number of nitrogens with one attached hydrogen (secondary N) is 2. The Balaban J connectivity index is 2.48. The molecule has 0 saturated heterocycles. The summed E-state index contributed by atoms with van der Waals surface area (Å²) < 4.78 is 4.61. The number of nitro benzene ring substituents is 2. The molecule has 1 aromatic carbocycles. The number of methoxy groups -OCH3 is 1. The number of carbonyl (C=O) groups is 2. The topological polar surface area (TPSA) is 170 Å². The Morgan fingerprint density at radius 2 is 1.93 bits per heavy atom. The molecule has 12 nitrogen and oxygen atoms in total. The molecule has 0 bridgehead atoms. The number of ether oxygens (including phenoxy) is 1. The summed E-state index contributed by atoms with van der Waals surface area (Å²) >= 11 is 0.